The summed E-state index contributed by atoms with van der Waals surface area (Å²) in [5, 5.41) is 11.3. The van der Waals surface area contributed by atoms with Crippen molar-refractivity contribution in [1.29, 1.82) is 0 Å². The van der Waals surface area contributed by atoms with Crippen LogP contribution in [-0.2, 0) is 4.74 Å². The molecule has 0 radical (unpaired) electrons. The van der Waals surface area contributed by atoms with E-state index in [0.29, 0.717) is 0 Å². The minimum absolute atomic E-state index is 0.467. The van der Waals surface area contributed by atoms with Crippen LogP contribution in [0, 0.1) is 5.21 Å². The molecule has 0 aliphatic carbocycles. The molecule has 4 heteroatoms. The molecule has 0 aliphatic rings. The highest BCUT2D eigenvalue weighted by molar-refractivity contribution is 5.58. The van der Waals surface area contributed by atoms with E-state index < -0.39 is 22.8 Å². The van der Waals surface area contributed by atoms with Gasteiger partial charge < -0.3 is 9.94 Å². The summed E-state index contributed by atoms with van der Waals surface area (Å²) < 4.78 is 5.05. The van der Waals surface area contributed by atoms with Crippen molar-refractivity contribution in [3.05, 3.63) is 41.1 Å². The van der Waals surface area contributed by atoms with Gasteiger partial charge >= 0.3 is 6.09 Å². The molecule has 0 heterocycles. The number of alkyl carbamates (subject to hydrolysis) is 1. The van der Waals surface area contributed by atoms with Crippen LogP contribution in [0.1, 0.15) is 39.3 Å². The van der Waals surface area contributed by atoms with Gasteiger partial charge in [0.05, 0.1) is 0 Å². The van der Waals surface area contributed by atoms with Crippen molar-refractivity contribution in [3.63, 3.8) is 0 Å². The van der Waals surface area contributed by atoms with Gasteiger partial charge in [0.2, 0.25) is 0 Å². The quantitative estimate of drug-likeness (QED) is 0.801. The van der Waals surface area contributed by atoms with Crippen LogP contribution in [0.15, 0.2) is 30.3 Å². The summed E-state index contributed by atoms with van der Waals surface area (Å²) in [4.78, 5) is 11.6. The molecule has 0 spiro atoms. The van der Waals surface area contributed by atoms with E-state index in [1.165, 1.54) is 0 Å². The molecule has 0 aromatic heterocycles. The first-order valence-corrected chi connectivity index (χ1v) is 5.63. The number of hydroxylamine groups is 2. The summed E-state index contributed by atoms with van der Waals surface area (Å²) in [5.41, 5.74) is 0.187. The van der Waals surface area contributed by atoms with Crippen LogP contribution >= 0.6 is 0 Å². The molecule has 2 unspecified atom stereocenters. The second kappa shape index (κ2) is 5.29. The summed E-state index contributed by atoms with van der Waals surface area (Å²) in [6.45, 7) is 6.93. The third-order valence-corrected chi connectivity index (χ3v) is 2.29. The molecule has 1 rings (SSSR count). The van der Waals surface area contributed by atoms with Gasteiger partial charge in [-0.25, -0.2) is 0 Å². The standard InChI is InChI=1S/C13H19NO3/c1-10(11-8-6-5-7-9-11)14(16)12(15)17-13(2,3)4/h5-10,14H,1-4H3. The molecule has 0 aliphatic heterocycles. The van der Waals surface area contributed by atoms with E-state index in [4.69, 9.17) is 4.74 Å². The minimum atomic E-state index is -0.770. The van der Waals surface area contributed by atoms with Gasteiger partial charge in [0.15, 0.2) is 0 Å². The second-order valence-electron chi connectivity index (χ2n) is 5.00. The highest BCUT2D eigenvalue weighted by Crippen LogP contribution is 2.09. The first kappa shape index (κ1) is 13.7. The van der Waals surface area contributed by atoms with Crippen molar-refractivity contribution in [1.82, 2.24) is 0 Å². The Bertz CT molecular complexity index is 370. The van der Waals surface area contributed by atoms with Gasteiger partial charge in [-0.1, -0.05) is 30.3 Å². The predicted molar refractivity (Wildman–Crippen MR) is 65.4 cm³/mol. The molecule has 1 N–H and O–H groups in total. The molecule has 0 saturated carbocycles. The van der Waals surface area contributed by atoms with E-state index in [0.717, 1.165) is 5.56 Å². The number of hydrogen-bond acceptors (Lipinski definition) is 3. The third kappa shape index (κ3) is 4.17. The summed E-state index contributed by atoms with van der Waals surface area (Å²) >= 11 is 0. The molecule has 94 valence electrons. The Morgan fingerprint density at radius 1 is 1.29 bits per heavy atom. The number of carbonyl (C=O) groups excluding carboxylic acids is 1. The lowest BCUT2D eigenvalue weighted by Gasteiger charge is -2.29. The zero-order valence-corrected chi connectivity index (χ0v) is 10.7. The SMILES string of the molecule is CC(c1ccccc1)[NH+]([O-])C(=O)OC(C)(C)C. The largest absolute Gasteiger partial charge is 0.624 e. The van der Waals surface area contributed by atoms with Crippen molar-refractivity contribution < 1.29 is 14.6 Å². The third-order valence-electron chi connectivity index (χ3n) is 2.29. The average molecular weight is 237 g/mol. The molecule has 0 bridgehead atoms. The van der Waals surface area contributed by atoms with Crippen LogP contribution in [0.4, 0.5) is 4.79 Å². The monoisotopic (exact) mass is 237 g/mol. The number of amides is 1. The smallest absolute Gasteiger partial charge is 0.515 e. The summed E-state index contributed by atoms with van der Waals surface area (Å²) in [6, 6.07) is 8.74. The Balaban J connectivity index is 2.70. The lowest BCUT2D eigenvalue weighted by molar-refractivity contribution is -0.803. The highest BCUT2D eigenvalue weighted by Gasteiger charge is 2.26. The van der Waals surface area contributed by atoms with Crippen molar-refractivity contribution in [2.24, 2.45) is 0 Å². The van der Waals surface area contributed by atoms with E-state index >= 15 is 0 Å². The maximum atomic E-state index is 11.8. The van der Waals surface area contributed by atoms with E-state index in [1.807, 2.05) is 30.3 Å². The molecule has 17 heavy (non-hydrogen) atoms. The zero-order valence-electron chi connectivity index (χ0n) is 10.7. The van der Waals surface area contributed by atoms with Gasteiger partial charge in [-0.15, -0.1) is 0 Å². The fourth-order valence-electron chi connectivity index (χ4n) is 1.40. The van der Waals surface area contributed by atoms with Gasteiger partial charge in [0.1, 0.15) is 11.6 Å². The molecule has 1 amide bonds. The Morgan fingerprint density at radius 3 is 2.29 bits per heavy atom. The van der Waals surface area contributed by atoms with Crippen LogP contribution in [0.2, 0.25) is 0 Å². The number of hydrogen-bond donors (Lipinski definition) is 1. The number of nitrogens with one attached hydrogen (secondary N) is 1. The van der Waals surface area contributed by atoms with E-state index in [-0.39, 0.29) is 0 Å². The molecule has 2 atom stereocenters. The number of carbonyl (C=O) groups is 1. The van der Waals surface area contributed by atoms with E-state index in [9.17, 15) is 10.0 Å². The summed E-state index contributed by atoms with van der Waals surface area (Å²) in [5.74, 6) is 0. The van der Waals surface area contributed by atoms with Crippen molar-refractivity contribution in [2.75, 3.05) is 0 Å². The molecular formula is C13H19NO3. The number of ether oxygens (including phenoxy) is 1. The molecule has 0 fully saturated rings. The van der Waals surface area contributed by atoms with Gasteiger partial charge in [0.25, 0.3) is 0 Å². The normalized spacial score (nSPS) is 15.1. The van der Waals surface area contributed by atoms with E-state index in [1.54, 1.807) is 27.7 Å². The van der Waals surface area contributed by atoms with Crippen molar-refractivity contribution in [3.8, 4) is 0 Å². The van der Waals surface area contributed by atoms with E-state index in [2.05, 4.69) is 0 Å². The predicted octanol–water partition coefficient (Wildman–Crippen LogP) is 2.07. The Labute approximate surface area is 102 Å². The minimum Gasteiger partial charge on any atom is -0.624 e. The number of rotatable bonds is 2. The second-order valence-corrected chi connectivity index (χ2v) is 5.00. The first-order valence-electron chi connectivity index (χ1n) is 5.63. The lowest BCUT2D eigenvalue weighted by atomic mass is 10.1. The molecule has 0 saturated heterocycles. The molecule has 4 nitrogen and oxygen atoms in total. The average Bonchev–Trinajstić information content (AvgIpc) is 2.26. The van der Waals surface area contributed by atoms with Gasteiger partial charge in [-0.3, -0.25) is 5.06 Å². The van der Waals surface area contributed by atoms with Gasteiger partial charge in [-0.05, 0) is 27.7 Å². The summed E-state index contributed by atoms with van der Waals surface area (Å²) in [6.07, 6.45) is -0.770. The lowest BCUT2D eigenvalue weighted by Crippen LogP contribution is -3.10. The number of quaternary nitrogens is 1. The van der Waals surface area contributed by atoms with Crippen LogP contribution in [-0.4, -0.2) is 11.7 Å². The van der Waals surface area contributed by atoms with Gasteiger partial charge in [-0.2, -0.15) is 4.79 Å². The zero-order chi connectivity index (χ0) is 13.1. The maximum Gasteiger partial charge on any atom is 0.515 e. The Kier molecular flexibility index (Phi) is 4.26. The molecule has 1 aromatic carbocycles. The topological polar surface area (TPSA) is 53.8 Å². The first-order chi connectivity index (χ1) is 7.81. The summed E-state index contributed by atoms with van der Waals surface area (Å²) in [7, 11) is 0. The van der Waals surface area contributed by atoms with Crippen LogP contribution in [0.5, 0.6) is 0 Å². The highest BCUT2D eigenvalue weighted by atomic mass is 16.6. The number of benzene rings is 1. The van der Waals surface area contributed by atoms with Crippen LogP contribution in [0.3, 0.4) is 0 Å². The molecule has 1 aromatic rings. The fourth-order valence-corrected chi connectivity index (χ4v) is 1.40. The molecular weight excluding hydrogens is 218 g/mol. The Morgan fingerprint density at radius 2 is 1.82 bits per heavy atom. The maximum absolute atomic E-state index is 11.8. The van der Waals surface area contributed by atoms with Crippen molar-refractivity contribution >= 4 is 6.09 Å². The Hall–Kier alpha value is -1.39. The van der Waals surface area contributed by atoms with Crippen LogP contribution in [0.25, 0.3) is 0 Å². The fraction of sp³-hybridized carbons (Fsp3) is 0.462. The van der Waals surface area contributed by atoms with Gasteiger partial charge in [0, 0.05) is 5.56 Å². The van der Waals surface area contributed by atoms with Crippen LogP contribution < -0.4 is 5.06 Å². The van der Waals surface area contributed by atoms with Crippen molar-refractivity contribution in [2.45, 2.75) is 39.3 Å².